The number of thiazole rings is 1. The molecule has 0 saturated heterocycles. The lowest BCUT2D eigenvalue weighted by Gasteiger charge is -2.15. The molecule has 0 N–H and O–H groups in total. The molecule has 0 spiro atoms. The highest BCUT2D eigenvalue weighted by molar-refractivity contribution is 7.22. The predicted molar refractivity (Wildman–Crippen MR) is 203 cm³/mol. The molecule has 49 heavy (non-hydrogen) atoms. The van der Waals surface area contributed by atoms with Gasteiger partial charge in [0, 0.05) is 27.6 Å². The summed E-state index contributed by atoms with van der Waals surface area (Å²) in [5.74, 6) is 1.92. The Morgan fingerprint density at radius 3 is 1.47 bits per heavy atom. The lowest BCUT2D eigenvalue weighted by molar-refractivity contribution is 1.07. The molecule has 0 amide bonds. The largest absolute Gasteiger partial charge is 0.236 e. The number of rotatable bonds is 6. The molecule has 7 aromatic carbocycles. The van der Waals surface area contributed by atoms with Crippen LogP contribution in [-0.2, 0) is 0 Å². The fraction of sp³-hybridized carbons (Fsp3) is 0. The highest BCUT2D eigenvalue weighted by atomic mass is 32.1. The van der Waals surface area contributed by atoms with Crippen LogP contribution in [0.5, 0.6) is 0 Å². The Bertz CT molecular complexity index is 2540. The second-order valence-electron chi connectivity index (χ2n) is 11.9. The molecular formula is C44H28N4S. The highest BCUT2D eigenvalue weighted by Gasteiger charge is 2.18. The second kappa shape index (κ2) is 12.4. The first-order valence-electron chi connectivity index (χ1n) is 16.2. The molecule has 0 atom stereocenters. The maximum atomic E-state index is 5.06. The summed E-state index contributed by atoms with van der Waals surface area (Å²) < 4.78 is 1.20. The monoisotopic (exact) mass is 644 g/mol. The fourth-order valence-corrected chi connectivity index (χ4v) is 7.48. The molecule has 0 aliphatic carbocycles. The van der Waals surface area contributed by atoms with Crippen molar-refractivity contribution in [2.45, 2.75) is 0 Å². The van der Waals surface area contributed by atoms with E-state index in [0.717, 1.165) is 55.0 Å². The number of hydrogen-bond acceptors (Lipinski definition) is 5. The Labute approximate surface area is 288 Å². The van der Waals surface area contributed by atoms with Crippen LogP contribution in [0.25, 0.3) is 88.0 Å². The predicted octanol–water partition coefficient (Wildman–Crippen LogP) is 11.6. The minimum Gasteiger partial charge on any atom is -0.236 e. The smallest absolute Gasteiger partial charge is 0.164 e. The second-order valence-corrected chi connectivity index (χ2v) is 12.9. The van der Waals surface area contributed by atoms with Crippen LogP contribution < -0.4 is 0 Å². The van der Waals surface area contributed by atoms with E-state index in [4.69, 9.17) is 19.9 Å². The molecule has 9 aromatic rings. The Morgan fingerprint density at radius 2 is 0.837 bits per heavy atom. The van der Waals surface area contributed by atoms with E-state index in [-0.39, 0.29) is 0 Å². The van der Waals surface area contributed by atoms with E-state index >= 15 is 0 Å². The van der Waals surface area contributed by atoms with E-state index in [1.165, 1.54) is 15.5 Å². The van der Waals surface area contributed by atoms with Gasteiger partial charge < -0.3 is 0 Å². The van der Waals surface area contributed by atoms with Gasteiger partial charge in [-0.1, -0.05) is 158 Å². The molecule has 0 bridgehead atoms. The van der Waals surface area contributed by atoms with Crippen molar-refractivity contribution < 1.29 is 0 Å². The zero-order valence-electron chi connectivity index (χ0n) is 26.4. The molecule has 4 nitrogen and oxygen atoms in total. The van der Waals surface area contributed by atoms with Crippen molar-refractivity contribution in [3.63, 3.8) is 0 Å². The number of nitrogens with zero attached hydrogens (tertiary/aromatic N) is 4. The Morgan fingerprint density at radius 1 is 0.347 bits per heavy atom. The van der Waals surface area contributed by atoms with Crippen molar-refractivity contribution in [2.24, 2.45) is 0 Å². The first kappa shape index (κ1) is 28.9. The third-order valence-electron chi connectivity index (χ3n) is 8.79. The van der Waals surface area contributed by atoms with Gasteiger partial charge in [0.25, 0.3) is 0 Å². The third kappa shape index (κ3) is 5.46. The maximum absolute atomic E-state index is 5.06. The van der Waals surface area contributed by atoms with Crippen LogP contribution in [0.2, 0.25) is 0 Å². The number of fused-ring (bicyclic) bond motifs is 3. The summed E-state index contributed by atoms with van der Waals surface area (Å²) in [6.45, 7) is 0. The van der Waals surface area contributed by atoms with Crippen molar-refractivity contribution in [1.29, 1.82) is 0 Å². The van der Waals surface area contributed by atoms with Gasteiger partial charge in [0.05, 0.1) is 10.2 Å². The van der Waals surface area contributed by atoms with Crippen LogP contribution in [-0.4, -0.2) is 19.9 Å². The van der Waals surface area contributed by atoms with Gasteiger partial charge >= 0.3 is 0 Å². The van der Waals surface area contributed by atoms with Crippen molar-refractivity contribution in [3.8, 4) is 67.0 Å². The van der Waals surface area contributed by atoms with Crippen molar-refractivity contribution >= 4 is 32.3 Å². The molecule has 0 fully saturated rings. The topological polar surface area (TPSA) is 51.6 Å². The third-order valence-corrected chi connectivity index (χ3v) is 9.94. The zero-order valence-corrected chi connectivity index (χ0v) is 27.2. The lowest BCUT2D eigenvalue weighted by atomic mass is 9.90. The van der Waals surface area contributed by atoms with Gasteiger partial charge in [-0.2, -0.15) is 0 Å². The molecule has 230 valence electrons. The zero-order chi connectivity index (χ0) is 32.6. The molecule has 0 unspecified atom stereocenters. The van der Waals surface area contributed by atoms with Gasteiger partial charge in [-0.05, 0) is 39.8 Å². The van der Waals surface area contributed by atoms with Gasteiger partial charge in [0.1, 0.15) is 5.01 Å². The standard InChI is InChI=1S/C44H28N4S/c1-4-14-30(15-5-1)41-46-42(31-16-6-2-7-17-31)48-43(47-41)37-23-13-12-22-36(37)35-21-11-10-20-34(35)33-25-24-29-26-27-39-40(38(29)28-33)49-44(45-39)32-18-8-3-9-19-32/h1-28H. The number of benzene rings is 7. The van der Waals surface area contributed by atoms with E-state index in [1.54, 1.807) is 11.3 Å². The van der Waals surface area contributed by atoms with E-state index < -0.39 is 0 Å². The van der Waals surface area contributed by atoms with Crippen molar-refractivity contribution in [3.05, 3.63) is 170 Å². The Balaban J connectivity index is 1.20. The quantitative estimate of drug-likeness (QED) is 0.181. The molecule has 0 saturated carbocycles. The molecule has 0 aliphatic heterocycles. The minimum atomic E-state index is 0.636. The SMILES string of the molecule is c1ccc(-c2nc(-c3ccccc3)nc(-c3ccccc3-c3ccccc3-c3ccc4ccc5nc(-c6ccccc6)sc5c4c3)n2)cc1. The maximum Gasteiger partial charge on any atom is 0.164 e. The van der Waals surface area contributed by atoms with Crippen LogP contribution in [0.4, 0.5) is 0 Å². The molecule has 0 aliphatic rings. The molecule has 5 heteroatoms. The molecule has 2 aromatic heterocycles. The van der Waals surface area contributed by atoms with E-state index in [1.807, 2.05) is 66.7 Å². The minimum absolute atomic E-state index is 0.636. The Kier molecular flexibility index (Phi) is 7.30. The normalized spacial score (nSPS) is 11.3. The summed E-state index contributed by atoms with van der Waals surface area (Å²) in [4.78, 5) is 20.0. The molecular weight excluding hydrogens is 617 g/mol. The average Bonchev–Trinajstić information content (AvgIpc) is 3.64. The van der Waals surface area contributed by atoms with Gasteiger partial charge in [-0.15, -0.1) is 11.3 Å². The lowest BCUT2D eigenvalue weighted by Crippen LogP contribution is -2.01. The summed E-state index contributed by atoms with van der Waals surface area (Å²) in [6, 6.07) is 58.7. The van der Waals surface area contributed by atoms with E-state index in [2.05, 4.69) is 103 Å². The van der Waals surface area contributed by atoms with E-state index in [9.17, 15) is 0 Å². The van der Waals surface area contributed by atoms with Crippen LogP contribution in [0.1, 0.15) is 0 Å². The van der Waals surface area contributed by atoms with Crippen molar-refractivity contribution in [2.75, 3.05) is 0 Å². The molecule has 0 radical (unpaired) electrons. The number of aromatic nitrogens is 4. The van der Waals surface area contributed by atoms with Crippen LogP contribution in [0.3, 0.4) is 0 Å². The first-order chi connectivity index (χ1) is 24.3. The average molecular weight is 645 g/mol. The van der Waals surface area contributed by atoms with Gasteiger partial charge in [-0.3, -0.25) is 0 Å². The summed E-state index contributed by atoms with van der Waals surface area (Å²) in [5.41, 5.74) is 9.46. The number of hydrogen-bond donors (Lipinski definition) is 0. The fourth-order valence-electron chi connectivity index (χ4n) is 6.39. The van der Waals surface area contributed by atoms with E-state index in [0.29, 0.717) is 17.5 Å². The van der Waals surface area contributed by atoms with Crippen LogP contribution in [0, 0.1) is 0 Å². The summed E-state index contributed by atoms with van der Waals surface area (Å²) in [7, 11) is 0. The molecule has 2 heterocycles. The summed E-state index contributed by atoms with van der Waals surface area (Å²) in [5, 5.41) is 3.43. The van der Waals surface area contributed by atoms with Gasteiger partial charge in [0.15, 0.2) is 17.5 Å². The van der Waals surface area contributed by atoms with Gasteiger partial charge in [0.2, 0.25) is 0 Å². The summed E-state index contributed by atoms with van der Waals surface area (Å²) in [6.07, 6.45) is 0. The van der Waals surface area contributed by atoms with Crippen molar-refractivity contribution in [1.82, 2.24) is 19.9 Å². The highest BCUT2D eigenvalue weighted by Crippen LogP contribution is 2.41. The van der Waals surface area contributed by atoms with Crippen LogP contribution >= 0.6 is 11.3 Å². The first-order valence-corrected chi connectivity index (χ1v) is 17.0. The molecule has 9 rings (SSSR count). The van der Waals surface area contributed by atoms with Gasteiger partial charge in [-0.25, -0.2) is 19.9 Å². The Hall–Kier alpha value is -6.30. The summed E-state index contributed by atoms with van der Waals surface area (Å²) >= 11 is 1.75. The van der Waals surface area contributed by atoms with Crippen LogP contribution in [0.15, 0.2) is 170 Å².